The number of aromatic nitrogens is 4. The van der Waals surface area contributed by atoms with Crippen molar-refractivity contribution in [3.63, 3.8) is 0 Å². The van der Waals surface area contributed by atoms with Gasteiger partial charge in [0.1, 0.15) is 12.2 Å². The Kier molecular flexibility index (Phi) is 7.70. The molecule has 2 rings (SSSR count). The highest BCUT2D eigenvalue weighted by atomic mass is 32.2. The number of nitrogens with two attached hydrogens (primary N) is 2. The van der Waals surface area contributed by atoms with E-state index in [9.17, 15) is 4.79 Å². The lowest BCUT2D eigenvalue weighted by molar-refractivity contribution is -0.137. The Bertz CT molecular complexity index is 945. The second kappa shape index (κ2) is 9.07. The third-order valence-electron chi connectivity index (χ3n) is 3.99. The number of hydrogen-bond acceptors (Lipinski definition) is 7. The fourth-order valence-electron chi connectivity index (χ4n) is 2.46. The van der Waals surface area contributed by atoms with Gasteiger partial charge in [-0.3, -0.25) is 15.6 Å². The monoisotopic (exact) mass is 438 g/mol. The Morgan fingerprint density at radius 1 is 1.17 bits per heavy atom. The highest BCUT2D eigenvalue weighted by molar-refractivity contribution is 8.26. The standard InChI is InChI=1S/C13H21N5O2.C6H13N3S/c1-7(2)11-16-17(6-8(19)20)12-9(14)10(13(3,4)5)15-18(11)12;1-6(2,3)4(7)10-5(8)9/h7H,6,14H2,1-5H3,(H,19,20);7H,1-3H3,(H3,8,9). The number of carboxylic acid groups (broad SMARTS) is 1. The van der Waals surface area contributed by atoms with E-state index in [4.69, 9.17) is 27.4 Å². The summed E-state index contributed by atoms with van der Waals surface area (Å²) < 4.78 is 3.08. The van der Waals surface area contributed by atoms with Crippen molar-refractivity contribution < 1.29 is 9.90 Å². The molecule has 30 heavy (non-hydrogen) atoms. The van der Waals surface area contributed by atoms with Crippen LogP contribution >= 0.6 is 11.8 Å². The summed E-state index contributed by atoms with van der Waals surface area (Å²) in [5.74, 6) is -0.119. The third kappa shape index (κ3) is 6.22. The maximum absolute atomic E-state index is 11.0. The van der Waals surface area contributed by atoms with Crippen LogP contribution in [0.3, 0.4) is 0 Å². The van der Waals surface area contributed by atoms with E-state index in [1.807, 2.05) is 55.4 Å². The lowest BCUT2D eigenvalue weighted by Crippen LogP contribution is -2.19. The first-order valence-corrected chi connectivity index (χ1v) is 10.4. The van der Waals surface area contributed by atoms with Crippen molar-refractivity contribution in [3.05, 3.63) is 11.5 Å². The molecule has 0 aliphatic rings. The van der Waals surface area contributed by atoms with Crippen LogP contribution in [0.1, 0.15) is 72.8 Å². The van der Waals surface area contributed by atoms with Gasteiger partial charge in [-0.25, -0.2) is 4.68 Å². The van der Waals surface area contributed by atoms with E-state index in [1.165, 1.54) is 4.68 Å². The van der Waals surface area contributed by atoms with Crippen molar-refractivity contribution in [2.75, 3.05) is 5.73 Å². The Morgan fingerprint density at radius 2 is 1.70 bits per heavy atom. The molecule has 2 heterocycles. The van der Waals surface area contributed by atoms with Gasteiger partial charge in [-0.15, -0.1) is 0 Å². The molecule has 0 atom stereocenters. The predicted octanol–water partition coefficient (Wildman–Crippen LogP) is 3.25. The molecule has 0 bridgehead atoms. The van der Waals surface area contributed by atoms with Crippen LogP contribution in [0.4, 0.5) is 5.69 Å². The average molecular weight is 439 g/mol. The zero-order chi connectivity index (χ0) is 23.6. The highest BCUT2D eigenvalue weighted by Crippen LogP contribution is 2.31. The second-order valence-corrected chi connectivity index (χ2v) is 10.4. The van der Waals surface area contributed by atoms with Crippen LogP contribution in [0.15, 0.2) is 0 Å². The van der Waals surface area contributed by atoms with Gasteiger partial charge in [-0.05, 0) is 11.8 Å². The number of aliphatic carboxylic acids is 1. The molecule has 11 heteroatoms. The van der Waals surface area contributed by atoms with Crippen molar-refractivity contribution in [3.8, 4) is 0 Å². The Morgan fingerprint density at radius 3 is 2.03 bits per heavy atom. The number of amidine groups is 1. The topological polar surface area (TPSA) is 172 Å². The molecule has 0 unspecified atom stereocenters. The van der Waals surface area contributed by atoms with E-state index >= 15 is 0 Å². The summed E-state index contributed by atoms with van der Waals surface area (Å²) in [6.45, 7) is 15.6. The molecule has 7 N–H and O–H groups in total. The first kappa shape index (κ1) is 25.5. The van der Waals surface area contributed by atoms with Gasteiger partial charge in [-0.1, -0.05) is 55.4 Å². The fraction of sp³-hybridized carbons (Fsp3) is 0.632. The minimum atomic E-state index is -0.955. The van der Waals surface area contributed by atoms with Gasteiger partial charge in [0.25, 0.3) is 0 Å². The second-order valence-electron chi connectivity index (χ2n) is 9.36. The van der Waals surface area contributed by atoms with Gasteiger partial charge < -0.3 is 16.6 Å². The minimum Gasteiger partial charge on any atom is -0.480 e. The van der Waals surface area contributed by atoms with Crippen molar-refractivity contribution in [2.45, 2.75) is 73.3 Å². The molecule has 0 aliphatic carbocycles. The van der Waals surface area contributed by atoms with Crippen LogP contribution in [0.25, 0.3) is 5.65 Å². The highest BCUT2D eigenvalue weighted by Gasteiger charge is 2.27. The normalized spacial score (nSPS) is 12.0. The smallest absolute Gasteiger partial charge is 0.325 e. The van der Waals surface area contributed by atoms with E-state index in [2.05, 4.69) is 10.2 Å². The summed E-state index contributed by atoms with van der Waals surface area (Å²) in [6.07, 6.45) is 0. The predicted molar refractivity (Wildman–Crippen MR) is 123 cm³/mol. The van der Waals surface area contributed by atoms with E-state index in [1.54, 1.807) is 4.52 Å². The third-order valence-corrected chi connectivity index (χ3v) is 5.02. The van der Waals surface area contributed by atoms with Crippen molar-refractivity contribution in [1.29, 1.82) is 10.8 Å². The van der Waals surface area contributed by atoms with Crippen LogP contribution < -0.4 is 11.5 Å². The summed E-state index contributed by atoms with van der Waals surface area (Å²) in [4.78, 5) is 11.0. The van der Waals surface area contributed by atoms with E-state index < -0.39 is 5.97 Å². The fourth-order valence-corrected chi connectivity index (χ4v) is 2.98. The van der Waals surface area contributed by atoms with Gasteiger partial charge in [0, 0.05) is 16.7 Å². The molecule has 168 valence electrons. The van der Waals surface area contributed by atoms with Crippen molar-refractivity contribution >= 4 is 39.3 Å². The van der Waals surface area contributed by atoms with E-state index in [0.29, 0.717) is 22.2 Å². The Hall–Kier alpha value is -2.56. The SMILES string of the molecule is CC(C)(C)C(=N)SC(=N)N.CC(C)c1nn(CC(=O)O)c2c(N)c(C(C)(C)C)nn12. The summed E-state index contributed by atoms with van der Waals surface area (Å²) in [6, 6.07) is 0. The number of fused-ring (bicyclic) bond motifs is 1. The molecular weight excluding hydrogens is 404 g/mol. The van der Waals surface area contributed by atoms with E-state index in [0.717, 1.165) is 17.5 Å². The maximum atomic E-state index is 11.0. The number of carbonyl (C=O) groups is 1. The lowest BCUT2D eigenvalue weighted by atomic mass is 9.91. The number of rotatable bonds is 3. The van der Waals surface area contributed by atoms with E-state index in [-0.39, 0.29) is 28.5 Å². The van der Waals surface area contributed by atoms with Gasteiger partial charge in [0.05, 0.1) is 10.7 Å². The van der Waals surface area contributed by atoms with Gasteiger partial charge in [-0.2, -0.15) is 14.7 Å². The van der Waals surface area contributed by atoms with Crippen LogP contribution in [-0.2, 0) is 16.8 Å². The summed E-state index contributed by atoms with van der Waals surface area (Å²) in [5.41, 5.74) is 12.7. The molecule has 0 fully saturated rings. The first-order valence-electron chi connectivity index (χ1n) is 9.54. The number of carboxylic acids is 1. The molecule has 10 nitrogen and oxygen atoms in total. The zero-order valence-electron chi connectivity index (χ0n) is 19.0. The molecule has 0 spiro atoms. The number of anilines is 1. The molecule has 0 saturated carbocycles. The number of nitrogens with zero attached hydrogens (tertiary/aromatic N) is 4. The first-order chi connectivity index (χ1) is 13.5. The lowest BCUT2D eigenvalue weighted by Gasteiger charge is -2.17. The van der Waals surface area contributed by atoms with Crippen LogP contribution in [0.5, 0.6) is 0 Å². The van der Waals surface area contributed by atoms with Gasteiger partial charge in [0.15, 0.2) is 16.6 Å². The molecule has 0 radical (unpaired) electrons. The van der Waals surface area contributed by atoms with Crippen LogP contribution in [-0.4, -0.2) is 40.7 Å². The molecule has 0 aliphatic heterocycles. The van der Waals surface area contributed by atoms with Gasteiger partial charge in [0.2, 0.25) is 0 Å². The van der Waals surface area contributed by atoms with Crippen molar-refractivity contribution in [1.82, 2.24) is 19.4 Å². The molecule has 2 aromatic rings. The number of nitrogen functional groups attached to an aromatic ring is 1. The average Bonchev–Trinajstić information content (AvgIpc) is 3.04. The minimum absolute atomic E-state index is 0.0140. The Balaban J connectivity index is 0.000000382. The number of hydrogen-bond donors (Lipinski definition) is 5. The quantitative estimate of drug-likeness (QED) is 0.361. The molecular formula is C19H34N8O2S. The van der Waals surface area contributed by atoms with Crippen molar-refractivity contribution in [2.24, 2.45) is 11.1 Å². The van der Waals surface area contributed by atoms with Gasteiger partial charge >= 0.3 is 5.97 Å². The zero-order valence-corrected chi connectivity index (χ0v) is 19.8. The number of thioether (sulfide) groups is 1. The summed E-state index contributed by atoms with van der Waals surface area (Å²) in [5, 5.41) is 32.6. The Labute approximate surface area is 181 Å². The number of nitrogens with one attached hydrogen (secondary N) is 2. The van der Waals surface area contributed by atoms with Crippen LogP contribution in [0.2, 0.25) is 0 Å². The molecule has 2 aromatic heterocycles. The largest absolute Gasteiger partial charge is 0.480 e. The summed E-state index contributed by atoms with van der Waals surface area (Å²) in [7, 11) is 0. The molecule has 0 amide bonds. The summed E-state index contributed by atoms with van der Waals surface area (Å²) >= 11 is 1.01. The maximum Gasteiger partial charge on any atom is 0.325 e. The van der Waals surface area contributed by atoms with Crippen LogP contribution in [0, 0.1) is 16.2 Å². The molecule has 0 aromatic carbocycles. The molecule has 0 saturated heterocycles.